The van der Waals surface area contributed by atoms with Crippen molar-refractivity contribution in [3.05, 3.63) is 0 Å². The fourth-order valence-corrected chi connectivity index (χ4v) is 1.08. The van der Waals surface area contributed by atoms with E-state index in [0.29, 0.717) is 6.54 Å². The second-order valence-corrected chi connectivity index (χ2v) is 3.23. The second-order valence-electron chi connectivity index (χ2n) is 1.84. The van der Waals surface area contributed by atoms with Crippen molar-refractivity contribution < 1.29 is 4.79 Å². The van der Waals surface area contributed by atoms with Gasteiger partial charge in [-0.15, -0.1) is 0 Å². The van der Waals surface area contributed by atoms with Crippen LogP contribution in [0.1, 0.15) is 6.92 Å². The van der Waals surface area contributed by atoms with Gasteiger partial charge in [-0.05, 0) is 5.75 Å². The summed E-state index contributed by atoms with van der Waals surface area (Å²) in [7, 11) is 0. The van der Waals surface area contributed by atoms with Crippen LogP contribution in [0, 0.1) is 0 Å². The first kappa shape index (κ1) is 9.78. The highest BCUT2D eigenvalue weighted by Gasteiger charge is 1.90. The number of nitrogens with two attached hydrogens (primary N) is 1. The van der Waals surface area contributed by atoms with Gasteiger partial charge in [-0.2, -0.15) is 11.8 Å². The molecule has 0 heterocycles. The van der Waals surface area contributed by atoms with E-state index in [4.69, 9.17) is 5.73 Å². The van der Waals surface area contributed by atoms with Crippen LogP contribution < -0.4 is 11.1 Å². The van der Waals surface area contributed by atoms with Crippen LogP contribution in [0.4, 0.5) is 0 Å². The molecular weight excluding hydrogens is 148 g/mol. The largest absolute Gasteiger partial charge is 0.369 e. The van der Waals surface area contributed by atoms with Crippen molar-refractivity contribution in [1.29, 1.82) is 0 Å². The fraction of sp³-hybridized carbons (Fsp3) is 0.833. The Morgan fingerprint density at radius 3 is 2.90 bits per heavy atom. The number of nitrogens with one attached hydrogen (secondary N) is 1. The Kier molecular flexibility index (Phi) is 6.74. The molecule has 0 saturated heterocycles. The molecule has 3 N–H and O–H groups in total. The van der Waals surface area contributed by atoms with Gasteiger partial charge in [-0.3, -0.25) is 4.79 Å². The second kappa shape index (κ2) is 6.89. The Morgan fingerprint density at radius 1 is 1.70 bits per heavy atom. The van der Waals surface area contributed by atoms with Crippen LogP contribution in [0.5, 0.6) is 0 Å². The monoisotopic (exact) mass is 162 g/mol. The van der Waals surface area contributed by atoms with Crippen molar-refractivity contribution in [3.63, 3.8) is 0 Å². The van der Waals surface area contributed by atoms with Crippen LogP contribution >= 0.6 is 11.8 Å². The third-order valence-corrected chi connectivity index (χ3v) is 1.83. The molecule has 0 bridgehead atoms. The van der Waals surface area contributed by atoms with Crippen molar-refractivity contribution in [2.75, 3.05) is 24.6 Å². The molecule has 0 radical (unpaired) electrons. The first-order valence-corrected chi connectivity index (χ1v) is 4.49. The van der Waals surface area contributed by atoms with E-state index in [1.807, 2.05) is 11.8 Å². The van der Waals surface area contributed by atoms with Gasteiger partial charge in [-0.25, -0.2) is 0 Å². The number of primary amides is 1. The normalized spacial score (nSPS) is 9.70. The van der Waals surface area contributed by atoms with Gasteiger partial charge in [0.1, 0.15) is 0 Å². The van der Waals surface area contributed by atoms with E-state index in [0.717, 1.165) is 18.1 Å². The number of thioether (sulfide) groups is 1. The highest BCUT2D eigenvalue weighted by Crippen LogP contribution is 1.94. The zero-order valence-electron chi connectivity index (χ0n) is 6.22. The first-order chi connectivity index (χ1) is 4.77. The maximum absolute atomic E-state index is 10.2. The van der Waals surface area contributed by atoms with Crippen molar-refractivity contribution in [1.82, 2.24) is 5.32 Å². The lowest BCUT2D eigenvalue weighted by atomic mass is 10.6. The summed E-state index contributed by atoms with van der Waals surface area (Å²) in [4.78, 5) is 10.2. The molecule has 0 spiro atoms. The molecule has 4 heteroatoms. The minimum absolute atomic E-state index is 0.290. The van der Waals surface area contributed by atoms with E-state index in [1.165, 1.54) is 0 Å². The minimum Gasteiger partial charge on any atom is -0.369 e. The number of carbonyl (C=O) groups excluding carboxylic acids is 1. The summed E-state index contributed by atoms with van der Waals surface area (Å²) in [6.07, 6.45) is 0. The summed E-state index contributed by atoms with van der Waals surface area (Å²) in [5.74, 6) is 1.88. The van der Waals surface area contributed by atoms with Gasteiger partial charge in [-0.1, -0.05) is 6.92 Å². The molecule has 0 saturated carbocycles. The average Bonchev–Trinajstić information content (AvgIpc) is 1.87. The van der Waals surface area contributed by atoms with Crippen LogP contribution in [-0.4, -0.2) is 30.5 Å². The van der Waals surface area contributed by atoms with Crippen LogP contribution in [0.3, 0.4) is 0 Å². The van der Waals surface area contributed by atoms with Crippen molar-refractivity contribution in [2.24, 2.45) is 5.73 Å². The smallest absolute Gasteiger partial charge is 0.231 e. The van der Waals surface area contributed by atoms with Crippen LogP contribution in [0.2, 0.25) is 0 Å². The fourth-order valence-electron chi connectivity index (χ4n) is 0.500. The first-order valence-electron chi connectivity index (χ1n) is 3.34. The molecule has 0 aliphatic rings. The number of hydrogen-bond acceptors (Lipinski definition) is 3. The molecule has 3 nitrogen and oxygen atoms in total. The van der Waals surface area contributed by atoms with Crippen LogP contribution in [0.25, 0.3) is 0 Å². The molecule has 0 rings (SSSR count). The maximum Gasteiger partial charge on any atom is 0.231 e. The van der Waals surface area contributed by atoms with Crippen molar-refractivity contribution in [2.45, 2.75) is 6.92 Å². The molecule has 0 aromatic rings. The van der Waals surface area contributed by atoms with E-state index in [9.17, 15) is 4.79 Å². The minimum atomic E-state index is -0.290. The van der Waals surface area contributed by atoms with Gasteiger partial charge in [0.05, 0.1) is 6.54 Å². The Balaban J connectivity index is 2.84. The van der Waals surface area contributed by atoms with E-state index < -0.39 is 0 Å². The summed E-state index contributed by atoms with van der Waals surface area (Å²) in [5, 5.41) is 2.92. The number of hydrogen-bond donors (Lipinski definition) is 2. The quantitative estimate of drug-likeness (QED) is 0.532. The van der Waals surface area contributed by atoms with Crippen LogP contribution in [-0.2, 0) is 4.79 Å². The average molecular weight is 162 g/mol. The van der Waals surface area contributed by atoms with Gasteiger partial charge in [0.2, 0.25) is 5.91 Å². The highest BCUT2D eigenvalue weighted by atomic mass is 32.2. The zero-order chi connectivity index (χ0) is 7.82. The third-order valence-electron chi connectivity index (χ3n) is 0.927. The molecular formula is C6H14N2OS. The SMILES string of the molecule is CCSCCNCC(N)=O. The van der Waals surface area contributed by atoms with Gasteiger partial charge in [0.25, 0.3) is 0 Å². The Bertz CT molecular complexity index is 97.7. The van der Waals surface area contributed by atoms with Crippen molar-refractivity contribution in [3.8, 4) is 0 Å². The molecule has 0 atom stereocenters. The standard InChI is InChI=1S/C6H14N2OS/c1-2-10-4-3-8-5-6(7)9/h8H,2-5H2,1H3,(H2,7,9). The summed E-state index contributed by atoms with van der Waals surface area (Å²) in [6, 6.07) is 0. The molecule has 10 heavy (non-hydrogen) atoms. The predicted octanol–water partition coefficient (Wildman–Crippen LogP) is -0.186. The Morgan fingerprint density at radius 2 is 2.40 bits per heavy atom. The van der Waals surface area contributed by atoms with E-state index >= 15 is 0 Å². The Labute approximate surface area is 65.7 Å². The summed E-state index contributed by atoms with van der Waals surface area (Å²) < 4.78 is 0. The van der Waals surface area contributed by atoms with E-state index in [-0.39, 0.29) is 5.91 Å². The molecule has 0 aliphatic carbocycles. The van der Waals surface area contributed by atoms with Gasteiger partial charge < -0.3 is 11.1 Å². The molecule has 0 aromatic carbocycles. The lowest BCUT2D eigenvalue weighted by Gasteiger charge is -1.99. The zero-order valence-corrected chi connectivity index (χ0v) is 7.04. The lowest BCUT2D eigenvalue weighted by molar-refractivity contribution is -0.117. The maximum atomic E-state index is 10.2. The van der Waals surface area contributed by atoms with Crippen molar-refractivity contribution >= 4 is 17.7 Å². The highest BCUT2D eigenvalue weighted by molar-refractivity contribution is 7.99. The molecule has 1 amide bonds. The lowest BCUT2D eigenvalue weighted by Crippen LogP contribution is -2.29. The van der Waals surface area contributed by atoms with E-state index in [2.05, 4.69) is 12.2 Å². The topological polar surface area (TPSA) is 55.1 Å². The molecule has 60 valence electrons. The van der Waals surface area contributed by atoms with Gasteiger partial charge >= 0.3 is 0 Å². The molecule has 0 fully saturated rings. The summed E-state index contributed by atoms with van der Waals surface area (Å²) in [5.41, 5.74) is 4.90. The number of rotatable bonds is 6. The predicted molar refractivity (Wildman–Crippen MR) is 45.1 cm³/mol. The van der Waals surface area contributed by atoms with Crippen LogP contribution in [0.15, 0.2) is 0 Å². The van der Waals surface area contributed by atoms with E-state index in [1.54, 1.807) is 0 Å². The van der Waals surface area contributed by atoms with Gasteiger partial charge in [0.15, 0.2) is 0 Å². The third kappa shape index (κ3) is 7.78. The molecule has 0 aliphatic heterocycles. The molecule has 0 aromatic heterocycles. The number of amides is 1. The van der Waals surface area contributed by atoms with Gasteiger partial charge in [0, 0.05) is 12.3 Å². The summed E-state index contributed by atoms with van der Waals surface area (Å²) >= 11 is 1.85. The Hall–Kier alpha value is -0.220. The summed E-state index contributed by atoms with van der Waals surface area (Å²) in [6.45, 7) is 3.27. The number of carbonyl (C=O) groups is 1. The molecule has 0 unspecified atom stereocenters.